The number of hydrogen-bond donors (Lipinski definition) is 0. The van der Waals surface area contributed by atoms with Crippen LogP contribution in [0.4, 0.5) is 4.79 Å². The number of urea groups is 1. The molecule has 0 atom stereocenters. The summed E-state index contributed by atoms with van der Waals surface area (Å²) in [6.07, 6.45) is 1.74. The van der Waals surface area contributed by atoms with E-state index in [1.807, 2.05) is 24.3 Å². The molecule has 0 aromatic heterocycles. The third-order valence-electron chi connectivity index (χ3n) is 6.30. The molecule has 2 aliphatic rings. The molecule has 8 heteroatoms. The summed E-state index contributed by atoms with van der Waals surface area (Å²) in [5.41, 5.74) is 0.314. The van der Waals surface area contributed by atoms with Crippen molar-refractivity contribution in [3.8, 4) is 5.75 Å². The number of esters is 1. The fourth-order valence-electron chi connectivity index (χ4n) is 4.69. The summed E-state index contributed by atoms with van der Waals surface area (Å²) in [7, 11) is 2.88. The summed E-state index contributed by atoms with van der Waals surface area (Å²) in [6.45, 7) is 9.06. The number of hydrogen-bond acceptors (Lipinski definition) is 6. The average Bonchev–Trinajstić information content (AvgIpc) is 2.94. The van der Waals surface area contributed by atoms with E-state index in [0.717, 1.165) is 35.8 Å². The van der Waals surface area contributed by atoms with Gasteiger partial charge in [0.05, 0.1) is 14.2 Å². The van der Waals surface area contributed by atoms with Crippen molar-refractivity contribution >= 4 is 17.9 Å². The zero-order chi connectivity index (χ0) is 23.5. The second-order valence-electron chi connectivity index (χ2n) is 9.87. The molecule has 0 bridgehead atoms. The van der Waals surface area contributed by atoms with Crippen LogP contribution < -0.4 is 4.74 Å². The lowest BCUT2D eigenvalue weighted by Gasteiger charge is -2.43. The minimum absolute atomic E-state index is 0.158. The third-order valence-corrected chi connectivity index (χ3v) is 6.30. The van der Waals surface area contributed by atoms with Crippen molar-refractivity contribution in [2.75, 3.05) is 46.9 Å². The monoisotopic (exact) mass is 445 g/mol. The molecule has 0 saturated carbocycles. The van der Waals surface area contributed by atoms with Crippen molar-refractivity contribution in [3.05, 3.63) is 29.8 Å². The number of likely N-dealkylation sites (tertiary alicyclic amines) is 1. The van der Waals surface area contributed by atoms with E-state index in [1.165, 1.54) is 7.11 Å². The highest BCUT2D eigenvalue weighted by Gasteiger charge is 2.58. The number of rotatable bonds is 7. The van der Waals surface area contributed by atoms with Crippen molar-refractivity contribution in [3.63, 3.8) is 0 Å². The minimum Gasteiger partial charge on any atom is -0.497 e. The fraction of sp³-hybridized carbons (Fsp3) is 0.625. The van der Waals surface area contributed by atoms with Crippen molar-refractivity contribution in [1.29, 1.82) is 0 Å². The maximum atomic E-state index is 13.5. The molecule has 0 unspecified atom stereocenters. The number of carbonyl (C=O) groups is 3. The second-order valence-corrected chi connectivity index (χ2v) is 9.87. The Kier molecular flexibility index (Phi) is 7.12. The molecule has 32 heavy (non-hydrogen) atoms. The van der Waals surface area contributed by atoms with Gasteiger partial charge in [0.2, 0.25) is 0 Å². The van der Waals surface area contributed by atoms with Gasteiger partial charge in [0, 0.05) is 26.2 Å². The van der Waals surface area contributed by atoms with Crippen LogP contribution in [0.2, 0.25) is 0 Å². The molecule has 1 aromatic carbocycles. The third kappa shape index (κ3) is 5.06. The van der Waals surface area contributed by atoms with Gasteiger partial charge in [-0.15, -0.1) is 0 Å². The summed E-state index contributed by atoms with van der Waals surface area (Å²) >= 11 is 0. The van der Waals surface area contributed by atoms with E-state index in [9.17, 15) is 14.4 Å². The summed E-state index contributed by atoms with van der Waals surface area (Å²) in [5, 5.41) is 0. The number of carbonyl (C=O) groups excluding carboxylic acids is 3. The number of imide groups is 1. The predicted molar refractivity (Wildman–Crippen MR) is 120 cm³/mol. The van der Waals surface area contributed by atoms with Gasteiger partial charge in [-0.1, -0.05) is 32.9 Å². The maximum absolute atomic E-state index is 13.5. The number of methoxy groups -OCH3 is 2. The van der Waals surface area contributed by atoms with Gasteiger partial charge >= 0.3 is 12.0 Å². The summed E-state index contributed by atoms with van der Waals surface area (Å²) in [6, 6.07) is 7.30. The zero-order valence-corrected chi connectivity index (χ0v) is 19.8. The van der Waals surface area contributed by atoms with Crippen LogP contribution in [-0.2, 0) is 20.7 Å². The van der Waals surface area contributed by atoms with Gasteiger partial charge in [0.1, 0.15) is 17.8 Å². The first-order valence-corrected chi connectivity index (χ1v) is 11.2. The lowest BCUT2D eigenvalue weighted by molar-refractivity contribution is -0.146. The van der Waals surface area contributed by atoms with E-state index in [2.05, 4.69) is 25.7 Å². The van der Waals surface area contributed by atoms with Gasteiger partial charge in [-0.2, -0.15) is 0 Å². The van der Waals surface area contributed by atoms with Gasteiger partial charge in [-0.25, -0.2) is 4.79 Å². The SMILES string of the molecule is COC(=O)CN1C(=O)N(CCc2ccc(OC)cc2)C2(CCN(CC(C)(C)C)CC2)C1=O. The Balaban J connectivity index is 1.79. The first kappa shape index (κ1) is 24.0. The Morgan fingerprint density at radius 2 is 1.69 bits per heavy atom. The molecule has 1 aromatic rings. The number of benzene rings is 1. The van der Waals surface area contributed by atoms with Crippen LogP contribution in [0.15, 0.2) is 24.3 Å². The molecule has 2 fully saturated rings. The highest BCUT2D eigenvalue weighted by molar-refractivity contribution is 6.08. The van der Waals surface area contributed by atoms with Crippen molar-refractivity contribution in [1.82, 2.24) is 14.7 Å². The first-order valence-electron chi connectivity index (χ1n) is 11.2. The first-order chi connectivity index (χ1) is 15.1. The smallest absolute Gasteiger partial charge is 0.328 e. The molecular formula is C24H35N3O5. The quantitative estimate of drug-likeness (QED) is 0.474. The van der Waals surface area contributed by atoms with Gasteiger partial charge in [0.15, 0.2) is 0 Å². The highest BCUT2D eigenvalue weighted by Crippen LogP contribution is 2.38. The van der Waals surface area contributed by atoms with E-state index < -0.39 is 17.5 Å². The van der Waals surface area contributed by atoms with E-state index in [-0.39, 0.29) is 17.9 Å². The molecule has 0 aliphatic carbocycles. The van der Waals surface area contributed by atoms with Crippen molar-refractivity contribution < 1.29 is 23.9 Å². The van der Waals surface area contributed by atoms with Crippen LogP contribution in [-0.4, -0.2) is 85.1 Å². The lowest BCUT2D eigenvalue weighted by atomic mass is 9.84. The van der Waals surface area contributed by atoms with Gasteiger partial charge in [-0.05, 0) is 42.4 Å². The highest BCUT2D eigenvalue weighted by atomic mass is 16.5. The average molecular weight is 446 g/mol. The summed E-state index contributed by atoms with van der Waals surface area (Å²) in [4.78, 5) is 43.7. The Bertz CT molecular complexity index is 838. The molecular weight excluding hydrogens is 410 g/mol. The molecule has 8 nitrogen and oxygen atoms in total. The van der Waals surface area contributed by atoms with Crippen LogP contribution in [0, 0.1) is 5.41 Å². The molecule has 1 spiro atoms. The summed E-state index contributed by atoms with van der Waals surface area (Å²) in [5.74, 6) is -0.102. The van der Waals surface area contributed by atoms with E-state index >= 15 is 0 Å². The Morgan fingerprint density at radius 1 is 1.06 bits per heavy atom. The van der Waals surface area contributed by atoms with E-state index in [4.69, 9.17) is 9.47 Å². The molecule has 0 N–H and O–H groups in total. The van der Waals surface area contributed by atoms with Gasteiger partial charge in [-0.3, -0.25) is 14.5 Å². The van der Waals surface area contributed by atoms with Gasteiger partial charge < -0.3 is 19.3 Å². The molecule has 2 aliphatic heterocycles. The molecule has 2 saturated heterocycles. The zero-order valence-electron chi connectivity index (χ0n) is 19.8. The second kappa shape index (κ2) is 9.48. The van der Waals surface area contributed by atoms with Crippen molar-refractivity contribution in [2.45, 2.75) is 45.6 Å². The van der Waals surface area contributed by atoms with Gasteiger partial charge in [0.25, 0.3) is 5.91 Å². The topological polar surface area (TPSA) is 79.4 Å². The number of piperidine rings is 1. The maximum Gasteiger partial charge on any atom is 0.328 e. The largest absolute Gasteiger partial charge is 0.497 e. The van der Waals surface area contributed by atoms with Crippen LogP contribution in [0.5, 0.6) is 5.75 Å². The lowest BCUT2D eigenvalue weighted by Crippen LogP contribution is -2.57. The fourth-order valence-corrected chi connectivity index (χ4v) is 4.69. The normalized spacial score (nSPS) is 19.0. The summed E-state index contributed by atoms with van der Waals surface area (Å²) < 4.78 is 9.93. The van der Waals surface area contributed by atoms with Crippen LogP contribution in [0.1, 0.15) is 39.2 Å². The number of ether oxygens (including phenoxy) is 2. The standard InChI is InChI=1S/C24H35N3O5/c1-23(2,3)17-25-14-11-24(12-15-25)21(29)26(16-20(28)32-5)22(30)27(24)13-10-18-6-8-19(31-4)9-7-18/h6-9H,10-17H2,1-5H3. The molecule has 2 heterocycles. The Labute approximate surface area is 190 Å². The van der Waals surface area contributed by atoms with Crippen LogP contribution >= 0.6 is 0 Å². The predicted octanol–water partition coefficient (Wildman–Crippen LogP) is 2.56. The number of nitrogens with zero attached hydrogens (tertiary/aromatic N) is 3. The number of amides is 3. The van der Waals surface area contributed by atoms with E-state index in [0.29, 0.717) is 25.8 Å². The minimum atomic E-state index is -0.897. The Hall–Kier alpha value is -2.61. The molecule has 0 radical (unpaired) electrons. The van der Waals surface area contributed by atoms with Crippen LogP contribution in [0.3, 0.4) is 0 Å². The van der Waals surface area contributed by atoms with Crippen molar-refractivity contribution in [2.24, 2.45) is 5.41 Å². The Morgan fingerprint density at radius 3 is 2.22 bits per heavy atom. The van der Waals surface area contributed by atoms with Crippen LogP contribution in [0.25, 0.3) is 0 Å². The van der Waals surface area contributed by atoms with E-state index in [1.54, 1.807) is 12.0 Å². The molecule has 176 valence electrons. The molecule has 3 amide bonds. The molecule has 3 rings (SSSR count).